The minimum atomic E-state index is 1.14. The van der Waals surface area contributed by atoms with Crippen LogP contribution in [0.1, 0.15) is 0 Å². The van der Waals surface area contributed by atoms with Crippen LogP contribution in [0.15, 0.2) is 194 Å². The molecule has 2 aromatic heterocycles. The number of benzene rings is 9. The smallest absolute Gasteiger partial charge is 0.0476 e. The van der Waals surface area contributed by atoms with Gasteiger partial charge in [-0.15, -0.1) is 22.7 Å². The van der Waals surface area contributed by atoms with E-state index >= 15 is 0 Å². The Morgan fingerprint density at radius 3 is 1.31 bits per heavy atom. The molecule has 254 valence electrons. The Hall–Kier alpha value is -6.46. The van der Waals surface area contributed by atoms with E-state index in [1.54, 1.807) is 0 Å². The highest BCUT2D eigenvalue weighted by molar-refractivity contribution is 7.26. The van der Waals surface area contributed by atoms with Crippen LogP contribution in [0.5, 0.6) is 0 Å². The van der Waals surface area contributed by atoms with Gasteiger partial charge in [0.05, 0.1) is 0 Å². The summed E-state index contributed by atoms with van der Waals surface area (Å²) in [5.41, 5.74) is 6.86. The summed E-state index contributed by atoms with van der Waals surface area (Å²) in [7, 11) is 0. The van der Waals surface area contributed by atoms with Gasteiger partial charge in [-0.05, 0) is 106 Å². The summed E-state index contributed by atoms with van der Waals surface area (Å²) < 4.78 is 5.17. The van der Waals surface area contributed by atoms with Crippen molar-refractivity contribution >= 4 is 119 Å². The predicted molar refractivity (Wildman–Crippen MR) is 237 cm³/mol. The highest BCUT2D eigenvalue weighted by Gasteiger charge is 2.19. The molecule has 0 aliphatic carbocycles. The molecule has 0 aliphatic heterocycles. The van der Waals surface area contributed by atoms with E-state index in [4.69, 9.17) is 0 Å². The van der Waals surface area contributed by atoms with E-state index in [9.17, 15) is 0 Å². The Kier molecular flexibility index (Phi) is 7.25. The van der Waals surface area contributed by atoms with Crippen LogP contribution < -0.4 is 9.80 Å². The summed E-state index contributed by atoms with van der Waals surface area (Å²) in [6.45, 7) is 0. The maximum absolute atomic E-state index is 2.40. The first-order valence-corrected chi connectivity index (χ1v) is 19.9. The van der Waals surface area contributed by atoms with Gasteiger partial charge in [0.1, 0.15) is 0 Å². The van der Waals surface area contributed by atoms with Crippen LogP contribution in [-0.2, 0) is 0 Å². The minimum absolute atomic E-state index is 1.14. The van der Waals surface area contributed by atoms with Crippen molar-refractivity contribution in [2.45, 2.75) is 0 Å². The number of thiophene rings is 2. The van der Waals surface area contributed by atoms with Gasteiger partial charge in [0.2, 0.25) is 0 Å². The Balaban J connectivity index is 1.05. The molecule has 4 heteroatoms. The van der Waals surface area contributed by atoms with Gasteiger partial charge in [-0.3, -0.25) is 0 Å². The van der Waals surface area contributed by atoms with Crippen LogP contribution in [0, 0.1) is 0 Å². The lowest BCUT2D eigenvalue weighted by molar-refractivity contribution is 1.30. The molecule has 0 spiro atoms. The van der Waals surface area contributed by atoms with Crippen molar-refractivity contribution in [1.29, 1.82) is 0 Å². The third-order valence-electron chi connectivity index (χ3n) is 10.6. The highest BCUT2D eigenvalue weighted by Crippen LogP contribution is 2.45. The van der Waals surface area contributed by atoms with E-state index in [-0.39, 0.29) is 0 Å². The summed E-state index contributed by atoms with van der Waals surface area (Å²) in [6, 6.07) is 71.0. The van der Waals surface area contributed by atoms with E-state index < -0.39 is 0 Å². The van der Waals surface area contributed by atoms with Crippen LogP contribution in [0.2, 0.25) is 0 Å². The van der Waals surface area contributed by atoms with Gasteiger partial charge in [0.15, 0.2) is 0 Å². The topological polar surface area (TPSA) is 6.48 Å². The molecule has 0 atom stereocenters. The molecule has 0 saturated carbocycles. The molecule has 0 N–H and O–H groups in total. The third-order valence-corrected chi connectivity index (χ3v) is 12.8. The molecule has 0 saturated heterocycles. The molecule has 0 unspecified atom stereocenters. The van der Waals surface area contributed by atoms with Gasteiger partial charge in [0.25, 0.3) is 0 Å². The fourth-order valence-electron chi connectivity index (χ4n) is 7.99. The van der Waals surface area contributed by atoms with E-state index in [0.29, 0.717) is 0 Å². The molecule has 54 heavy (non-hydrogen) atoms. The van der Waals surface area contributed by atoms with Gasteiger partial charge in [-0.1, -0.05) is 109 Å². The van der Waals surface area contributed by atoms with Gasteiger partial charge in [0, 0.05) is 74.5 Å². The molecule has 11 rings (SSSR count). The Bertz CT molecular complexity index is 3120. The number of rotatable bonds is 6. The molecular weight excluding hydrogens is 693 g/mol. The van der Waals surface area contributed by atoms with Crippen molar-refractivity contribution < 1.29 is 0 Å². The quantitative estimate of drug-likeness (QED) is 0.168. The van der Waals surface area contributed by atoms with Crippen molar-refractivity contribution in [3.05, 3.63) is 194 Å². The molecule has 0 aliphatic rings. The minimum Gasteiger partial charge on any atom is -0.310 e. The zero-order valence-electron chi connectivity index (χ0n) is 29.2. The lowest BCUT2D eigenvalue weighted by Crippen LogP contribution is -2.10. The van der Waals surface area contributed by atoms with Crippen LogP contribution in [0.3, 0.4) is 0 Å². The van der Waals surface area contributed by atoms with E-state index in [1.807, 2.05) is 22.7 Å². The first kappa shape index (κ1) is 31.1. The van der Waals surface area contributed by atoms with Gasteiger partial charge in [-0.2, -0.15) is 0 Å². The SMILES string of the molecule is c1ccc(N(c2ccc3c(c2)sc2ccccc23)c2ccc3c(c2)sc2ccc(N(c4ccc5ccccc5c4)c4ccc5ccccc5c4)cc23)cc1. The monoisotopic (exact) mass is 724 g/mol. The number of para-hydroxylation sites is 1. The summed E-state index contributed by atoms with van der Waals surface area (Å²) in [4.78, 5) is 4.79. The van der Waals surface area contributed by atoms with Gasteiger partial charge >= 0.3 is 0 Å². The van der Waals surface area contributed by atoms with Crippen LogP contribution in [-0.4, -0.2) is 0 Å². The summed E-state index contributed by atoms with van der Waals surface area (Å²) in [5, 5.41) is 10.1. The van der Waals surface area contributed by atoms with Gasteiger partial charge < -0.3 is 9.80 Å². The highest BCUT2D eigenvalue weighted by atomic mass is 32.1. The van der Waals surface area contributed by atoms with E-state index in [2.05, 4.69) is 204 Å². The summed E-state index contributed by atoms with van der Waals surface area (Å²) in [5.74, 6) is 0. The molecular formula is C50H32N2S2. The first-order valence-electron chi connectivity index (χ1n) is 18.2. The molecule has 0 bridgehead atoms. The van der Waals surface area contributed by atoms with Crippen molar-refractivity contribution in [2.24, 2.45) is 0 Å². The lowest BCUT2D eigenvalue weighted by atomic mass is 10.1. The molecule has 9 aromatic carbocycles. The number of hydrogen-bond acceptors (Lipinski definition) is 4. The molecule has 11 aromatic rings. The van der Waals surface area contributed by atoms with Crippen molar-refractivity contribution in [3.63, 3.8) is 0 Å². The van der Waals surface area contributed by atoms with E-state index in [0.717, 1.165) is 34.1 Å². The van der Waals surface area contributed by atoms with Crippen LogP contribution in [0.25, 0.3) is 61.9 Å². The second-order valence-electron chi connectivity index (χ2n) is 13.8. The third kappa shape index (κ3) is 5.22. The largest absolute Gasteiger partial charge is 0.310 e. The molecule has 2 nitrogen and oxygen atoms in total. The molecule has 0 fully saturated rings. The normalized spacial score (nSPS) is 11.7. The van der Waals surface area contributed by atoms with Crippen molar-refractivity contribution in [3.8, 4) is 0 Å². The maximum Gasteiger partial charge on any atom is 0.0476 e. The molecule has 0 radical (unpaired) electrons. The van der Waals surface area contributed by atoms with Crippen LogP contribution in [0.4, 0.5) is 34.1 Å². The predicted octanol–water partition coefficient (Wildman–Crippen LogP) is 15.7. The van der Waals surface area contributed by atoms with Gasteiger partial charge in [-0.25, -0.2) is 0 Å². The zero-order chi connectivity index (χ0) is 35.6. The zero-order valence-corrected chi connectivity index (χ0v) is 30.8. The molecule has 0 amide bonds. The fourth-order valence-corrected chi connectivity index (χ4v) is 10.2. The average molecular weight is 725 g/mol. The van der Waals surface area contributed by atoms with Crippen molar-refractivity contribution in [2.75, 3.05) is 9.80 Å². The first-order chi connectivity index (χ1) is 26.7. The van der Waals surface area contributed by atoms with Crippen molar-refractivity contribution in [1.82, 2.24) is 0 Å². The number of hydrogen-bond donors (Lipinski definition) is 0. The maximum atomic E-state index is 2.40. The lowest BCUT2D eigenvalue weighted by Gasteiger charge is -2.26. The number of anilines is 6. The Morgan fingerprint density at radius 2 is 0.667 bits per heavy atom. The molecule has 2 heterocycles. The number of fused-ring (bicyclic) bond motifs is 8. The second kappa shape index (κ2) is 12.6. The standard InChI is InChI=1S/C50H32N2S2/c1-2-14-37(15-3-1)51(41-22-25-44-43-16-8-9-17-47(43)53-49(44)31-41)42-23-26-45-46-30-40(24-27-48(46)54-50(45)32-42)52(38-20-18-33-10-4-6-12-35(33)28-38)39-21-19-34-11-5-7-13-36(34)29-39/h1-32H. The summed E-state index contributed by atoms with van der Waals surface area (Å²) >= 11 is 3.72. The number of nitrogens with zero attached hydrogens (tertiary/aromatic N) is 2. The van der Waals surface area contributed by atoms with Crippen LogP contribution >= 0.6 is 22.7 Å². The second-order valence-corrected chi connectivity index (χ2v) is 16.0. The average Bonchev–Trinajstić information content (AvgIpc) is 3.79. The summed E-state index contributed by atoms with van der Waals surface area (Å²) in [6.07, 6.45) is 0. The Labute approximate surface area is 321 Å². The van der Waals surface area contributed by atoms with E-state index in [1.165, 1.54) is 61.9 Å². The Morgan fingerprint density at radius 1 is 0.241 bits per heavy atom. The fraction of sp³-hybridized carbons (Fsp3) is 0.